The number of likely N-dealkylation sites (N-methyl/N-ethyl adjacent to an activating group) is 1. The molecule has 0 amide bonds. The molecule has 0 rings (SSSR count). The van der Waals surface area contributed by atoms with E-state index in [4.69, 9.17) is 37.0 Å². The van der Waals surface area contributed by atoms with E-state index in [1.54, 1.807) is 0 Å². The topological polar surface area (TPSA) is 182 Å². The number of phosphoric ester groups is 2. The number of hydrogen-bond acceptors (Lipinski definition) is 12. The Morgan fingerprint density at radius 3 is 1.03 bits per heavy atom. The molecule has 0 fully saturated rings. The van der Waals surface area contributed by atoms with Gasteiger partial charge >= 0.3 is 0 Å². The minimum atomic E-state index is -4.37. The van der Waals surface area contributed by atoms with Crippen LogP contribution in [0.2, 0.25) is 0 Å². The Morgan fingerprint density at radius 2 is 0.726 bits per heavy atom. The first kappa shape index (κ1) is 74.5. The van der Waals surface area contributed by atoms with Gasteiger partial charge in [0.15, 0.2) is 0 Å². The zero-order valence-electron chi connectivity index (χ0n) is 48.2. The molecule has 0 aliphatic heterocycles. The molecule has 0 spiro atoms. The second-order valence-electron chi connectivity index (χ2n) is 20.9. The van der Waals surface area contributed by atoms with Gasteiger partial charge in [0, 0.05) is 26.4 Å². The van der Waals surface area contributed by atoms with Crippen LogP contribution in [0.3, 0.4) is 0 Å². The van der Waals surface area contributed by atoms with E-state index in [0.29, 0.717) is 57.2 Å². The van der Waals surface area contributed by atoms with E-state index in [2.05, 4.69) is 32.7 Å². The van der Waals surface area contributed by atoms with Crippen LogP contribution >= 0.6 is 15.6 Å². The molecular weight excluding hydrogens is 967 g/mol. The molecule has 14 nitrogen and oxygen atoms in total. The first-order chi connectivity index (χ1) is 35.3. The molecule has 4 atom stereocenters. The molecular formula is C57H118N2O12P2. The maximum Gasteiger partial charge on any atom is 0.268 e. The number of ether oxygens (including phenoxy) is 4. The van der Waals surface area contributed by atoms with Crippen molar-refractivity contribution in [3.05, 3.63) is 25.3 Å². The van der Waals surface area contributed by atoms with Crippen LogP contribution in [0, 0.1) is 0 Å². The number of phosphoric acid groups is 2. The molecule has 0 aliphatic carbocycles. The van der Waals surface area contributed by atoms with Gasteiger partial charge in [-0.1, -0.05) is 193 Å². The van der Waals surface area contributed by atoms with Crippen LogP contribution in [0.1, 0.15) is 232 Å². The maximum absolute atomic E-state index is 12.1. The van der Waals surface area contributed by atoms with Crippen molar-refractivity contribution in [1.29, 1.82) is 0 Å². The fourth-order valence-corrected chi connectivity index (χ4v) is 9.33. The smallest absolute Gasteiger partial charge is 0.268 e. The summed E-state index contributed by atoms with van der Waals surface area (Å²) in [5.41, 5.74) is 3.56. The number of allylic oxidation sites excluding steroid dienone is 2. The van der Waals surface area contributed by atoms with Gasteiger partial charge in [-0.2, -0.15) is 0 Å². The van der Waals surface area contributed by atoms with Gasteiger partial charge in [0.1, 0.15) is 32.0 Å². The molecule has 0 aromatic heterocycles. The van der Waals surface area contributed by atoms with Gasteiger partial charge in [0.25, 0.3) is 15.6 Å². The highest BCUT2D eigenvalue weighted by atomic mass is 31.2. The molecule has 0 saturated heterocycles. The summed E-state index contributed by atoms with van der Waals surface area (Å²) in [7, 11) is -2.76. The summed E-state index contributed by atoms with van der Waals surface area (Å²) >= 11 is 0. The van der Waals surface area contributed by atoms with E-state index in [9.17, 15) is 18.9 Å². The summed E-state index contributed by atoms with van der Waals surface area (Å²) in [6.07, 6.45) is 45.6. The van der Waals surface area contributed by atoms with E-state index in [0.717, 1.165) is 64.2 Å². The van der Waals surface area contributed by atoms with Gasteiger partial charge in [-0.15, -0.1) is 13.2 Å². The summed E-state index contributed by atoms with van der Waals surface area (Å²) in [4.78, 5) is 23.9. The Hall–Kier alpha value is -0.540. The highest BCUT2D eigenvalue weighted by Crippen LogP contribution is 2.39. The monoisotopic (exact) mass is 1080 g/mol. The summed E-state index contributed by atoms with van der Waals surface area (Å²) in [5, 5.41) is 0. The Morgan fingerprint density at radius 1 is 0.425 bits per heavy atom. The van der Waals surface area contributed by atoms with Crippen LogP contribution < -0.4 is 15.5 Å². The maximum atomic E-state index is 12.1. The first-order valence-electron chi connectivity index (χ1n) is 29.7. The third-order valence-electron chi connectivity index (χ3n) is 12.4. The van der Waals surface area contributed by atoms with Crippen LogP contribution in [0.15, 0.2) is 25.3 Å². The van der Waals surface area contributed by atoms with E-state index in [1.807, 2.05) is 33.3 Å². The van der Waals surface area contributed by atoms with Gasteiger partial charge < -0.3 is 57.0 Å². The van der Waals surface area contributed by atoms with Gasteiger partial charge in [-0.3, -0.25) is 9.13 Å². The predicted molar refractivity (Wildman–Crippen MR) is 300 cm³/mol. The van der Waals surface area contributed by atoms with E-state index >= 15 is 0 Å². The third kappa shape index (κ3) is 62.2. The number of nitrogens with zero attached hydrogens (tertiary/aromatic N) is 1. The lowest BCUT2D eigenvalue weighted by Crippen LogP contribution is -2.52. The average molecular weight is 1090 g/mol. The fourth-order valence-electron chi connectivity index (χ4n) is 7.82. The van der Waals surface area contributed by atoms with Crippen molar-refractivity contribution in [1.82, 2.24) is 0 Å². The second-order valence-corrected chi connectivity index (χ2v) is 23.7. The van der Waals surface area contributed by atoms with Crippen molar-refractivity contribution in [2.24, 2.45) is 0 Å². The van der Waals surface area contributed by atoms with Crippen molar-refractivity contribution < 1.29 is 66.2 Å². The number of quaternary nitrogens is 2. The van der Waals surface area contributed by atoms with Crippen LogP contribution in [0.4, 0.5) is 0 Å². The highest BCUT2D eigenvalue weighted by Gasteiger charge is 2.19. The Kier molecular flexibility index (Phi) is 57.4. The van der Waals surface area contributed by atoms with E-state index < -0.39 is 27.9 Å². The quantitative estimate of drug-likeness (QED) is 0.0264. The second kappa shape index (κ2) is 56.2. The normalized spacial score (nSPS) is 14.3. The largest absolute Gasteiger partial charge is 0.756 e. The predicted octanol–water partition coefficient (Wildman–Crippen LogP) is 13.4. The molecule has 16 heteroatoms. The number of hydrogen-bond donors (Lipinski definition) is 1. The summed E-state index contributed by atoms with van der Waals surface area (Å²) < 4.78 is 67.6. The first-order valence-corrected chi connectivity index (χ1v) is 32.6. The number of rotatable bonds is 59. The molecule has 0 aromatic rings. The fraction of sp³-hybridized carbons (Fsp3) is 0.930. The lowest BCUT2D eigenvalue weighted by atomic mass is 10.0. The van der Waals surface area contributed by atoms with Crippen molar-refractivity contribution in [3.63, 3.8) is 0 Å². The van der Waals surface area contributed by atoms with Gasteiger partial charge in [0.2, 0.25) is 0 Å². The van der Waals surface area contributed by atoms with Crippen LogP contribution in [-0.4, -0.2) is 117 Å². The minimum absolute atomic E-state index is 0.0173. The lowest BCUT2D eigenvalue weighted by Gasteiger charge is -2.28. The van der Waals surface area contributed by atoms with E-state index in [1.165, 1.54) is 154 Å². The van der Waals surface area contributed by atoms with E-state index in [-0.39, 0.29) is 26.4 Å². The van der Waals surface area contributed by atoms with Crippen LogP contribution in [-0.2, 0) is 46.2 Å². The van der Waals surface area contributed by atoms with Gasteiger partial charge in [0.05, 0.1) is 54.1 Å². The Balaban J connectivity index is 0. The summed E-state index contributed by atoms with van der Waals surface area (Å²) in [5.74, 6) is 0. The Bertz CT molecular complexity index is 1250. The van der Waals surface area contributed by atoms with Crippen molar-refractivity contribution in [2.45, 2.75) is 244 Å². The lowest BCUT2D eigenvalue weighted by molar-refractivity contribution is -0.870. The molecule has 73 heavy (non-hydrogen) atoms. The minimum Gasteiger partial charge on any atom is -0.756 e. The standard InChI is InChI=1S/C30H62NO6P.C27H56NO6P/c1-6-8-10-12-13-14-15-16-17-18-19-20-21-22-25-34-28-30(35-26-23-11-9-7-2)29-37-38(32,33)36-27-24-31(3,4)5;1-3-5-7-9-10-11-12-13-14-15-16-17-18-19-22-31-25-27(32-23-20-8-6-4-2)26-34-35(29,30)33-24-21-28/h7,30H,2,6,8-29H2,1,3-5H3;4,27H,2-3,5-26,28H2,1H3,(H,29,30). The van der Waals surface area contributed by atoms with Gasteiger partial charge in [-0.05, 0) is 51.4 Å². The molecule has 0 aromatic carbocycles. The van der Waals surface area contributed by atoms with Crippen LogP contribution in [0.5, 0.6) is 0 Å². The molecule has 0 heterocycles. The SMILES string of the molecule is C=CCCCCOC(COCCCCCCCCCCCCCCCC)COP(=O)([O-])OCC[N+](C)(C)C.C=CCCCCOC(COCCCCCCCCCCCCCCCC)COP(=O)([O-])OCC[NH3+]. The van der Waals surface area contributed by atoms with Crippen molar-refractivity contribution in [2.75, 3.05) is 100 Å². The van der Waals surface area contributed by atoms with Crippen molar-refractivity contribution in [3.8, 4) is 0 Å². The highest BCUT2D eigenvalue weighted by molar-refractivity contribution is 7.46. The molecule has 0 bridgehead atoms. The summed E-state index contributed by atoms with van der Waals surface area (Å²) in [6, 6.07) is 0. The number of unbranched alkanes of at least 4 members (excludes halogenated alkanes) is 30. The van der Waals surface area contributed by atoms with Gasteiger partial charge in [-0.25, -0.2) is 0 Å². The van der Waals surface area contributed by atoms with Crippen LogP contribution in [0.25, 0.3) is 0 Å². The molecule has 0 radical (unpaired) electrons. The molecule has 0 saturated carbocycles. The Labute approximate surface area is 450 Å². The third-order valence-corrected chi connectivity index (χ3v) is 14.4. The molecule has 4 unspecified atom stereocenters. The van der Waals surface area contributed by atoms with Crippen molar-refractivity contribution >= 4 is 15.6 Å². The molecule has 0 aliphatic rings. The zero-order valence-corrected chi connectivity index (χ0v) is 50.0. The molecule has 3 N–H and O–H groups in total. The zero-order chi connectivity index (χ0) is 54.3. The summed E-state index contributed by atoms with van der Waals surface area (Å²) in [6.45, 7) is 15.9. The average Bonchev–Trinajstić information content (AvgIpc) is 3.35. The molecule has 438 valence electrons.